The van der Waals surface area contributed by atoms with Crippen molar-refractivity contribution in [1.29, 1.82) is 0 Å². The standard InChI is InChI=1S/C12H18N2/c1-13-8-7-10-9-14-12-6-4-2-3-5-11(10)12/h5-6,9,13-14H,2-4,7-8H2,1H3. The first-order chi connectivity index (χ1) is 6.92. The Kier molecular flexibility index (Phi) is 3.04. The summed E-state index contributed by atoms with van der Waals surface area (Å²) in [6.45, 7) is 1.05. The highest BCUT2D eigenvalue weighted by Gasteiger charge is 2.00. The van der Waals surface area contributed by atoms with Crippen LogP contribution in [0.5, 0.6) is 0 Å². The van der Waals surface area contributed by atoms with Crippen LogP contribution >= 0.6 is 0 Å². The Morgan fingerprint density at radius 1 is 1.36 bits per heavy atom. The summed E-state index contributed by atoms with van der Waals surface area (Å²) in [7, 11) is 2.00. The number of likely N-dealkylation sites (N-methyl/N-ethyl adjacent to an activating group) is 1. The number of aromatic nitrogens is 1. The molecule has 1 aliphatic rings. The molecule has 1 aliphatic carbocycles. The van der Waals surface area contributed by atoms with Crippen molar-refractivity contribution in [1.82, 2.24) is 10.3 Å². The summed E-state index contributed by atoms with van der Waals surface area (Å²) in [5.41, 5.74) is 1.45. The summed E-state index contributed by atoms with van der Waals surface area (Å²) in [5.74, 6) is 0. The quantitative estimate of drug-likeness (QED) is 0.714. The minimum atomic E-state index is 1.05. The molecule has 0 bridgehead atoms. The van der Waals surface area contributed by atoms with Crippen LogP contribution in [0.4, 0.5) is 0 Å². The zero-order valence-electron chi connectivity index (χ0n) is 8.77. The molecule has 0 aliphatic heterocycles. The Morgan fingerprint density at radius 3 is 3.07 bits per heavy atom. The van der Waals surface area contributed by atoms with Crippen LogP contribution in [0.15, 0.2) is 6.20 Å². The lowest BCUT2D eigenvalue weighted by atomic mass is 10.2. The zero-order valence-corrected chi connectivity index (χ0v) is 8.77. The summed E-state index contributed by atoms with van der Waals surface area (Å²) in [6.07, 6.45) is 11.7. The van der Waals surface area contributed by atoms with E-state index in [-0.39, 0.29) is 0 Å². The molecule has 0 saturated carbocycles. The molecule has 1 aromatic heterocycles. The molecular formula is C12H18N2. The molecule has 2 heteroatoms. The molecule has 2 N–H and O–H groups in total. The smallest absolute Gasteiger partial charge is 0.0413 e. The van der Waals surface area contributed by atoms with Crippen LogP contribution in [0.25, 0.3) is 12.2 Å². The van der Waals surface area contributed by atoms with Gasteiger partial charge in [-0.2, -0.15) is 0 Å². The van der Waals surface area contributed by atoms with E-state index in [0.29, 0.717) is 0 Å². The van der Waals surface area contributed by atoms with Gasteiger partial charge in [0.25, 0.3) is 0 Å². The van der Waals surface area contributed by atoms with Gasteiger partial charge < -0.3 is 10.3 Å². The third-order valence-corrected chi connectivity index (χ3v) is 2.79. The molecule has 0 saturated heterocycles. The van der Waals surface area contributed by atoms with E-state index in [4.69, 9.17) is 0 Å². The predicted octanol–water partition coefficient (Wildman–Crippen LogP) is 0.521. The molecule has 0 amide bonds. The van der Waals surface area contributed by atoms with E-state index in [2.05, 4.69) is 28.6 Å². The Morgan fingerprint density at radius 2 is 2.21 bits per heavy atom. The van der Waals surface area contributed by atoms with Gasteiger partial charge in [-0.15, -0.1) is 0 Å². The molecule has 0 aromatic carbocycles. The zero-order chi connectivity index (χ0) is 9.80. The monoisotopic (exact) mass is 190 g/mol. The number of hydrogen-bond acceptors (Lipinski definition) is 1. The molecule has 0 fully saturated rings. The number of aromatic amines is 1. The summed E-state index contributed by atoms with van der Waals surface area (Å²) >= 11 is 0. The molecule has 0 atom stereocenters. The highest BCUT2D eigenvalue weighted by molar-refractivity contribution is 5.36. The number of hydrogen-bond donors (Lipinski definition) is 2. The van der Waals surface area contributed by atoms with Gasteiger partial charge >= 0.3 is 0 Å². The molecule has 0 radical (unpaired) electrons. The van der Waals surface area contributed by atoms with E-state index >= 15 is 0 Å². The van der Waals surface area contributed by atoms with Gasteiger partial charge in [0.1, 0.15) is 0 Å². The van der Waals surface area contributed by atoms with Gasteiger partial charge in [0.05, 0.1) is 0 Å². The Labute approximate surface area is 84.7 Å². The number of rotatable bonds is 3. The second-order valence-electron chi connectivity index (χ2n) is 3.83. The summed E-state index contributed by atoms with van der Waals surface area (Å²) < 4.78 is 0. The molecule has 0 spiro atoms. The lowest BCUT2D eigenvalue weighted by molar-refractivity contribution is 0.790. The fourth-order valence-electron chi connectivity index (χ4n) is 1.98. The van der Waals surface area contributed by atoms with Crippen molar-refractivity contribution in [2.75, 3.05) is 13.6 Å². The fourth-order valence-corrected chi connectivity index (χ4v) is 1.98. The third kappa shape index (κ3) is 1.90. The number of fused-ring (bicyclic) bond motifs is 1. The normalized spacial score (nSPS) is 15.2. The predicted molar refractivity (Wildman–Crippen MR) is 60.5 cm³/mol. The molecule has 1 aromatic rings. The topological polar surface area (TPSA) is 27.8 Å². The minimum absolute atomic E-state index is 1.05. The largest absolute Gasteiger partial charge is 0.361 e. The van der Waals surface area contributed by atoms with Crippen LogP contribution in [0.1, 0.15) is 24.8 Å². The fraction of sp³-hybridized carbons (Fsp3) is 0.500. The van der Waals surface area contributed by atoms with Crippen LogP contribution in [-0.2, 0) is 6.42 Å². The van der Waals surface area contributed by atoms with Crippen LogP contribution in [0.2, 0.25) is 0 Å². The van der Waals surface area contributed by atoms with Crippen LogP contribution in [0, 0.1) is 0 Å². The number of H-pyrrole nitrogens is 1. The maximum absolute atomic E-state index is 3.36. The van der Waals surface area contributed by atoms with Gasteiger partial charge in [0, 0.05) is 11.5 Å². The van der Waals surface area contributed by atoms with Crippen molar-refractivity contribution >= 4 is 12.2 Å². The van der Waals surface area contributed by atoms with Gasteiger partial charge in [-0.3, -0.25) is 0 Å². The maximum Gasteiger partial charge on any atom is 0.0413 e. The Balaban J connectivity index is 2.35. The van der Waals surface area contributed by atoms with Crippen molar-refractivity contribution in [3.05, 3.63) is 22.3 Å². The molecule has 76 valence electrons. The van der Waals surface area contributed by atoms with Crippen molar-refractivity contribution in [2.24, 2.45) is 0 Å². The van der Waals surface area contributed by atoms with Crippen molar-refractivity contribution < 1.29 is 0 Å². The van der Waals surface area contributed by atoms with Gasteiger partial charge in [-0.25, -0.2) is 0 Å². The van der Waals surface area contributed by atoms with E-state index in [1.165, 1.54) is 35.4 Å². The average molecular weight is 190 g/mol. The SMILES string of the molecule is CNCCc1c[nH]c2c1=CCCCC=2. The Hall–Kier alpha value is -1.02. The van der Waals surface area contributed by atoms with Gasteiger partial charge in [0.15, 0.2) is 0 Å². The first kappa shape index (κ1) is 9.53. The first-order valence-electron chi connectivity index (χ1n) is 5.43. The molecule has 1 heterocycles. The molecular weight excluding hydrogens is 172 g/mol. The van der Waals surface area contributed by atoms with E-state index in [9.17, 15) is 0 Å². The second kappa shape index (κ2) is 4.47. The lowest BCUT2D eigenvalue weighted by Crippen LogP contribution is -2.25. The van der Waals surface area contributed by atoms with E-state index < -0.39 is 0 Å². The highest BCUT2D eigenvalue weighted by atomic mass is 14.8. The van der Waals surface area contributed by atoms with Crippen LogP contribution < -0.4 is 15.9 Å². The minimum Gasteiger partial charge on any atom is -0.361 e. The molecule has 2 nitrogen and oxygen atoms in total. The van der Waals surface area contributed by atoms with Gasteiger partial charge in [0.2, 0.25) is 0 Å². The second-order valence-corrected chi connectivity index (χ2v) is 3.83. The summed E-state index contributed by atoms with van der Waals surface area (Å²) in [5, 5.41) is 5.96. The Bertz CT molecular complexity index is 400. The number of nitrogens with one attached hydrogen (secondary N) is 2. The summed E-state index contributed by atoms with van der Waals surface area (Å²) in [4.78, 5) is 3.36. The van der Waals surface area contributed by atoms with Gasteiger partial charge in [-0.05, 0) is 50.1 Å². The average Bonchev–Trinajstić information content (AvgIpc) is 2.45. The van der Waals surface area contributed by atoms with Gasteiger partial charge in [-0.1, -0.05) is 12.2 Å². The van der Waals surface area contributed by atoms with Crippen molar-refractivity contribution in [3.63, 3.8) is 0 Å². The van der Waals surface area contributed by atoms with E-state index in [0.717, 1.165) is 13.0 Å². The lowest BCUT2D eigenvalue weighted by Gasteiger charge is -1.95. The van der Waals surface area contributed by atoms with Crippen LogP contribution in [0.3, 0.4) is 0 Å². The molecule has 14 heavy (non-hydrogen) atoms. The molecule has 2 rings (SSSR count). The van der Waals surface area contributed by atoms with Crippen LogP contribution in [-0.4, -0.2) is 18.6 Å². The van der Waals surface area contributed by atoms with Crippen molar-refractivity contribution in [2.45, 2.75) is 25.7 Å². The first-order valence-corrected chi connectivity index (χ1v) is 5.43. The van der Waals surface area contributed by atoms with E-state index in [1.807, 2.05) is 7.05 Å². The molecule has 0 unspecified atom stereocenters. The maximum atomic E-state index is 3.36. The van der Waals surface area contributed by atoms with E-state index in [1.54, 1.807) is 0 Å². The summed E-state index contributed by atoms with van der Waals surface area (Å²) in [6, 6.07) is 0. The highest BCUT2D eigenvalue weighted by Crippen LogP contribution is 2.00. The van der Waals surface area contributed by atoms with Crippen molar-refractivity contribution in [3.8, 4) is 0 Å². The third-order valence-electron chi connectivity index (χ3n) is 2.79.